The highest BCUT2D eigenvalue weighted by Gasteiger charge is 2.28. The van der Waals surface area contributed by atoms with Gasteiger partial charge in [-0.1, -0.05) is 35.9 Å². The third-order valence-corrected chi connectivity index (χ3v) is 4.27. The van der Waals surface area contributed by atoms with Crippen molar-refractivity contribution in [1.82, 2.24) is 0 Å². The van der Waals surface area contributed by atoms with Crippen LogP contribution in [-0.2, 0) is 4.74 Å². The molecular formula is C20H14ClNO3. The first-order chi connectivity index (χ1) is 12.2. The summed E-state index contributed by atoms with van der Waals surface area (Å²) >= 11 is 6.11. The summed E-state index contributed by atoms with van der Waals surface area (Å²) in [5, 5.41) is 0.471. The molecule has 0 N–H and O–H groups in total. The summed E-state index contributed by atoms with van der Waals surface area (Å²) in [4.78, 5) is 14.3. The minimum Gasteiger partial charge on any atom is -0.465 e. The van der Waals surface area contributed by atoms with Gasteiger partial charge in [-0.05, 0) is 42.5 Å². The number of anilines is 3. The van der Waals surface area contributed by atoms with Crippen LogP contribution in [0, 0.1) is 0 Å². The number of para-hydroxylation sites is 4. The predicted octanol–water partition coefficient (Wildman–Crippen LogP) is 5.70. The molecule has 0 amide bonds. The number of carbonyl (C=O) groups is 1. The van der Waals surface area contributed by atoms with Crippen molar-refractivity contribution in [3.63, 3.8) is 0 Å². The Hall–Kier alpha value is -2.98. The van der Waals surface area contributed by atoms with Crippen LogP contribution in [0.5, 0.6) is 11.5 Å². The fraction of sp³-hybridized carbons (Fsp3) is 0.0500. The van der Waals surface area contributed by atoms with E-state index in [2.05, 4.69) is 0 Å². The van der Waals surface area contributed by atoms with Crippen LogP contribution in [0.25, 0.3) is 0 Å². The normalized spacial score (nSPS) is 12.0. The fourth-order valence-corrected chi connectivity index (χ4v) is 3.11. The van der Waals surface area contributed by atoms with E-state index < -0.39 is 5.97 Å². The van der Waals surface area contributed by atoms with Crippen molar-refractivity contribution < 1.29 is 14.3 Å². The van der Waals surface area contributed by atoms with Crippen molar-refractivity contribution in [3.05, 3.63) is 77.3 Å². The van der Waals surface area contributed by atoms with Crippen LogP contribution in [0.2, 0.25) is 5.02 Å². The SMILES string of the molecule is COC(=O)c1cc(Cl)ccc1N1c2ccccc2Oc2ccccc21. The van der Waals surface area contributed by atoms with Gasteiger partial charge >= 0.3 is 5.97 Å². The van der Waals surface area contributed by atoms with Crippen LogP contribution in [0.4, 0.5) is 17.1 Å². The number of methoxy groups -OCH3 is 1. The van der Waals surface area contributed by atoms with Crippen molar-refractivity contribution in [1.29, 1.82) is 0 Å². The first kappa shape index (κ1) is 15.5. The van der Waals surface area contributed by atoms with E-state index in [1.165, 1.54) is 7.11 Å². The Labute approximate surface area is 150 Å². The lowest BCUT2D eigenvalue weighted by atomic mass is 10.1. The number of benzene rings is 3. The number of rotatable bonds is 2. The number of nitrogens with zero attached hydrogens (tertiary/aromatic N) is 1. The molecule has 0 fully saturated rings. The van der Waals surface area contributed by atoms with Crippen molar-refractivity contribution in [2.45, 2.75) is 0 Å². The number of hydrogen-bond donors (Lipinski definition) is 0. The summed E-state index contributed by atoms with van der Waals surface area (Å²) < 4.78 is 10.9. The molecule has 0 saturated carbocycles. The Kier molecular flexibility index (Phi) is 3.82. The van der Waals surface area contributed by atoms with E-state index in [0.717, 1.165) is 11.4 Å². The average Bonchev–Trinajstić information content (AvgIpc) is 2.65. The third-order valence-electron chi connectivity index (χ3n) is 4.04. The lowest BCUT2D eigenvalue weighted by Gasteiger charge is -2.33. The van der Waals surface area contributed by atoms with Crippen LogP contribution in [0.1, 0.15) is 10.4 Å². The fourth-order valence-electron chi connectivity index (χ4n) is 2.94. The molecule has 0 aromatic heterocycles. The largest absolute Gasteiger partial charge is 0.465 e. The van der Waals surface area contributed by atoms with Crippen LogP contribution in [0.15, 0.2) is 66.7 Å². The molecule has 0 spiro atoms. The molecule has 0 bridgehead atoms. The van der Waals surface area contributed by atoms with Gasteiger partial charge in [0, 0.05) is 5.02 Å². The molecule has 1 aliphatic rings. The Morgan fingerprint density at radius 1 is 0.920 bits per heavy atom. The summed E-state index contributed by atoms with van der Waals surface area (Å²) in [5.41, 5.74) is 2.75. The monoisotopic (exact) mass is 351 g/mol. The Morgan fingerprint density at radius 3 is 2.12 bits per heavy atom. The van der Waals surface area contributed by atoms with E-state index in [1.807, 2.05) is 59.5 Å². The summed E-state index contributed by atoms with van der Waals surface area (Å²) in [5.74, 6) is 0.984. The van der Waals surface area contributed by atoms with Gasteiger partial charge in [0.05, 0.1) is 29.7 Å². The van der Waals surface area contributed by atoms with E-state index in [4.69, 9.17) is 21.1 Å². The standard InChI is InChI=1S/C20H14ClNO3/c1-24-20(23)14-12-13(21)10-11-15(14)22-16-6-2-4-8-18(16)25-19-9-5-3-7-17(19)22/h2-12H,1H3. The number of esters is 1. The molecule has 0 saturated heterocycles. The third kappa shape index (κ3) is 2.61. The zero-order valence-electron chi connectivity index (χ0n) is 13.4. The van der Waals surface area contributed by atoms with Crippen LogP contribution in [0.3, 0.4) is 0 Å². The van der Waals surface area contributed by atoms with Gasteiger partial charge in [0.2, 0.25) is 0 Å². The number of fused-ring (bicyclic) bond motifs is 2. The van der Waals surface area contributed by atoms with Crippen molar-refractivity contribution >= 4 is 34.6 Å². The second-order valence-electron chi connectivity index (χ2n) is 5.53. The van der Waals surface area contributed by atoms with Gasteiger partial charge in [0.1, 0.15) is 0 Å². The molecule has 3 aromatic carbocycles. The predicted molar refractivity (Wildman–Crippen MR) is 97.5 cm³/mol. The van der Waals surface area contributed by atoms with Gasteiger partial charge in [-0.3, -0.25) is 0 Å². The van der Waals surface area contributed by atoms with E-state index in [1.54, 1.807) is 12.1 Å². The molecule has 3 aromatic rings. The molecule has 0 aliphatic carbocycles. The molecular weight excluding hydrogens is 338 g/mol. The Bertz CT molecular complexity index is 925. The molecule has 1 heterocycles. The summed E-state index contributed by atoms with van der Waals surface area (Å²) in [6.45, 7) is 0. The molecule has 1 aliphatic heterocycles. The van der Waals surface area contributed by atoms with Gasteiger partial charge in [-0.15, -0.1) is 0 Å². The zero-order chi connectivity index (χ0) is 17.4. The Balaban J connectivity index is 1.99. The average molecular weight is 352 g/mol. The second-order valence-corrected chi connectivity index (χ2v) is 5.96. The molecule has 0 radical (unpaired) electrons. The molecule has 5 heteroatoms. The minimum atomic E-state index is -0.445. The van der Waals surface area contributed by atoms with Gasteiger partial charge in [0.25, 0.3) is 0 Å². The minimum absolute atomic E-state index is 0.390. The number of hydrogen-bond acceptors (Lipinski definition) is 4. The number of carbonyl (C=O) groups excluding carboxylic acids is 1. The molecule has 0 atom stereocenters. The van der Waals surface area contributed by atoms with E-state index in [-0.39, 0.29) is 0 Å². The molecule has 4 rings (SSSR count). The first-order valence-corrected chi connectivity index (χ1v) is 8.11. The molecule has 0 unspecified atom stereocenters. The highest BCUT2D eigenvalue weighted by Crippen LogP contribution is 2.50. The van der Waals surface area contributed by atoms with E-state index in [0.29, 0.717) is 27.8 Å². The summed E-state index contributed by atoms with van der Waals surface area (Å²) in [6, 6.07) is 20.5. The van der Waals surface area contributed by atoms with Gasteiger partial charge in [0.15, 0.2) is 11.5 Å². The van der Waals surface area contributed by atoms with Crippen molar-refractivity contribution in [2.75, 3.05) is 12.0 Å². The second kappa shape index (κ2) is 6.15. The molecule has 124 valence electrons. The molecule has 25 heavy (non-hydrogen) atoms. The van der Waals surface area contributed by atoms with Crippen LogP contribution in [-0.4, -0.2) is 13.1 Å². The first-order valence-electron chi connectivity index (χ1n) is 7.73. The lowest BCUT2D eigenvalue weighted by Crippen LogP contribution is -2.18. The maximum Gasteiger partial charge on any atom is 0.340 e. The summed E-state index contributed by atoms with van der Waals surface area (Å²) in [7, 11) is 1.36. The maximum atomic E-state index is 12.3. The molecule has 4 nitrogen and oxygen atoms in total. The van der Waals surface area contributed by atoms with E-state index >= 15 is 0 Å². The maximum absolute atomic E-state index is 12.3. The zero-order valence-corrected chi connectivity index (χ0v) is 14.2. The number of halogens is 1. The van der Waals surface area contributed by atoms with Gasteiger partial charge in [-0.25, -0.2) is 4.79 Å². The van der Waals surface area contributed by atoms with Crippen LogP contribution >= 0.6 is 11.6 Å². The van der Waals surface area contributed by atoms with Gasteiger partial charge < -0.3 is 14.4 Å². The van der Waals surface area contributed by atoms with Crippen LogP contribution < -0.4 is 9.64 Å². The highest BCUT2D eigenvalue weighted by molar-refractivity contribution is 6.31. The van der Waals surface area contributed by atoms with Gasteiger partial charge in [-0.2, -0.15) is 0 Å². The summed E-state index contributed by atoms with van der Waals surface area (Å²) in [6.07, 6.45) is 0. The Morgan fingerprint density at radius 2 is 1.52 bits per heavy atom. The van der Waals surface area contributed by atoms with Crippen molar-refractivity contribution in [3.8, 4) is 11.5 Å². The number of ether oxygens (including phenoxy) is 2. The van der Waals surface area contributed by atoms with E-state index in [9.17, 15) is 4.79 Å². The quantitative estimate of drug-likeness (QED) is 0.434. The van der Waals surface area contributed by atoms with Crippen molar-refractivity contribution in [2.24, 2.45) is 0 Å². The smallest absolute Gasteiger partial charge is 0.340 e. The lowest BCUT2D eigenvalue weighted by molar-refractivity contribution is 0.0601. The topological polar surface area (TPSA) is 38.8 Å². The highest BCUT2D eigenvalue weighted by atomic mass is 35.5.